The summed E-state index contributed by atoms with van der Waals surface area (Å²) < 4.78 is 4.98. The van der Waals surface area contributed by atoms with E-state index in [1.165, 1.54) is 0 Å². The van der Waals surface area contributed by atoms with Crippen molar-refractivity contribution < 1.29 is 14.3 Å². The van der Waals surface area contributed by atoms with E-state index in [-0.39, 0.29) is 6.42 Å². The third kappa shape index (κ3) is 5.67. The van der Waals surface area contributed by atoms with E-state index in [0.29, 0.717) is 21.3 Å². The average Bonchev–Trinajstić information content (AvgIpc) is 2.59. The molecule has 5 nitrogen and oxygen atoms in total. The number of ether oxygens (including phenoxy) is 1. The maximum atomic E-state index is 12.0. The van der Waals surface area contributed by atoms with Gasteiger partial charge in [-0.25, -0.2) is 0 Å². The summed E-state index contributed by atoms with van der Waals surface area (Å²) in [5, 5.41) is 14.0. The minimum atomic E-state index is -0.604. The molecule has 1 amide bonds. The van der Waals surface area contributed by atoms with Crippen LogP contribution in [0.4, 0.5) is 5.69 Å². The first-order valence-electron chi connectivity index (χ1n) is 7.45. The Balaban J connectivity index is 1.89. The van der Waals surface area contributed by atoms with E-state index in [1.54, 1.807) is 36.4 Å². The highest BCUT2D eigenvalue weighted by molar-refractivity contribution is 8.03. The fraction of sp³-hybridized carbons (Fsp3) is 0.167. The Kier molecular flexibility index (Phi) is 7.34. The van der Waals surface area contributed by atoms with Crippen molar-refractivity contribution >= 4 is 52.5 Å². The summed E-state index contributed by atoms with van der Waals surface area (Å²) in [6.45, 7) is 1.39. The normalized spacial score (nSPS) is 10.1. The number of esters is 1. The minimum Gasteiger partial charge on any atom is -0.455 e. The molecule has 0 unspecified atom stereocenters. The van der Waals surface area contributed by atoms with Crippen LogP contribution in [0, 0.1) is 17.6 Å². The smallest absolute Gasteiger partial charge is 0.310 e. The predicted molar refractivity (Wildman–Crippen MR) is 102 cm³/mol. The van der Waals surface area contributed by atoms with Gasteiger partial charge in [0.25, 0.3) is 5.91 Å². The standard InChI is InChI=1S/C18H14Cl2N2O3S/c1-11-7-12(26-10-21)5-6-16(11)22-17(23)9-25-18(24)8-13-14(19)3-2-4-15(13)20/h2-7H,8-9H2,1H3,(H,22,23). The Labute approximate surface area is 165 Å². The number of hydrogen-bond acceptors (Lipinski definition) is 5. The van der Waals surface area contributed by atoms with Gasteiger partial charge in [0.1, 0.15) is 5.40 Å². The fourth-order valence-corrected chi connectivity index (χ4v) is 3.13. The maximum Gasteiger partial charge on any atom is 0.310 e. The molecular weight excluding hydrogens is 395 g/mol. The van der Waals surface area contributed by atoms with Crippen LogP contribution in [0.5, 0.6) is 0 Å². The van der Waals surface area contributed by atoms with Crippen LogP contribution in [0.1, 0.15) is 11.1 Å². The molecule has 0 fully saturated rings. The molecule has 0 saturated carbocycles. The Morgan fingerprint density at radius 1 is 1.23 bits per heavy atom. The van der Waals surface area contributed by atoms with Crippen molar-refractivity contribution in [3.8, 4) is 5.40 Å². The van der Waals surface area contributed by atoms with E-state index in [1.807, 2.05) is 12.3 Å². The number of carbonyl (C=O) groups excluding carboxylic acids is 2. The van der Waals surface area contributed by atoms with E-state index < -0.39 is 18.5 Å². The fourth-order valence-electron chi connectivity index (χ4n) is 2.12. The molecule has 0 aliphatic rings. The SMILES string of the molecule is Cc1cc(SC#N)ccc1NC(=O)COC(=O)Cc1c(Cl)cccc1Cl. The van der Waals surface area contributed by atoms with Gasteiger partial charge in [-0.2, -0.15) is 5.26 Å². The lowest BCUT2D eigenvalue weighted by molar-refractivity contribution is -0.146. The number of carbonyl (C=O) groups is 2. The van der Waals surface area contributed by atoms with Crippen LogP contribution in [0.25, 0.3) is 0 Å². The quantitative estimate of drug-likeness (QED) is 0.429. The van der Waals surface area contributed by atoms with E-state index >= 15 is 0 Å². The van der Waals surface area contributed by atoms with Gasteiger partial charge in [0.05, 0.1) is 6.42 Å². The lowest BCUT2D eigenvalue weighted by atomic mass is 10.1. The monoisotopic (exact) mass is 408 g/mol. The summed E-state index contributed by atoms with van der Waals surface area (Å²) in [7, 11) is 0. The van der Waals surface area contributed by atoms with Crippen molar-refractivity contribution in [2.45, 2.75) is 18.2 Å². The molecule has 0 spiro atoms. The predicted octanol–water partition coefficient (Wildman–Crippen LogP) is 4.60. The van der Waals surface area contributed by atoms with Crippen LogP contribution < -0.4 is 5.32 Å². The molecule has 0 saturated heterocycles. The maximum absolute atomic E-state index is 12.0. The lowest BCUT2D eigenvalue weighted by Gasteiger charge is -2.10. The molecule has 0 atom stereocenters. The Bertz CT molecular complexity index is 861. The molecule has 26 heavy (non-hydrogen) atoms. The molecule has 134 valence electrons. The van der Waals surface area contributed by atoms with Gasteiger partial charge in [0.2, 0.25) is 0 Å². The Morgan fingerprint density at radius 3 is 2.54 bits per heavy atom. The van der Waals surface area contributed by atoms with Crippen molar-refractivity contribution in [2.24, 2.45) is 0 Å². The summed E-state index contributed by atoms with van der Waals surface area (Å²) in [5.41, 5.74) is 1.85. The average molecular weight is 409 g/mol. The number of hydrogen-bond donors (Lipinski definition) is 1. The topological polar surface area (TPSA) is 79.2 Å². The first-order valence-corrected chi connectivity index (χ1v) is 9.03. The van der Waals surface area contributed by atoms with Gasteiger partial charge in [-0.15, -0.1) is 0 Å². The number of thiocyanates is 1. The zero-order valence-electron chi connectivity index (χ0n) is 13.7. The number of amides is 1. The number of anilines is 1. The highest BCUT2D eigenvalue weighted by Crippen LogP contribution is 2.25. The molecular formula is C18H14Cl2N2O3S. The number of rotatable bonds is 6. The summed E-state index contributed by atoms with van der Waals surface area (Å²) in [5.74, 6) is -1.07. The number of nitrogens with one attached hydrogen (secondary N) is 1. The van der Waals surface area contributed by atoms with Crippen molar-refractivity contribution in [3.63, 3.8) is 0 Å². The second-order valence-electron chi connectivity index (χ2n) is 5.26. The van der Waals surface area contributed by atoms with Gasteiger partial charge in [0.15, 0.2) is 6.61 Å². The van der Waals surface area contributed by atoms with Crippen molar-refractivity contribution in [3.05, 3.63) is 57.6 Å². The van der Waals surface area contributed by atoms with Crippen LogP contribution >= 0.6 is 35.0 Å². The number of aryl methyl sites for hydroxylation is 1. The third-order valence-electron chi connectivity index (χ3n) is 3.38. The van der Waals surface area contributed by atoms with Gasteiger partial charge in [-0.3, -0.25) is 9.59 Å². The second-order valence-corrected chi connectivity index (χ2v) is 6.93. The summed E-state index contributed by atoms with van der Waals surface area (Å²) in [6.07, 6.45) is -0.120. The molecule has 2 rings (SSSR count). The zero-order valence-corrected chi connectivity index (χ0v) is 16.0. The minimum absolute atomic E-state index is 0.120. The van der Waals surface area contributed by atoms with Gasteiger partial charge in [-0.05, 0) is 54.6 Å². The molecule has 2 aromatic rings. The zero-order chi connectivity index (χ0) is 19.1. The highest BCUT2D eigenvalue weighted by Gasteiger charge is 2.14. The highest BCUT2D eigenvalue weighted by atomic mass is 35.5. The van der Waals surface area contributed by atoms with E-state index in [0.717, 1.165) is 22.2 Å². The molecule has 1 N–H and O–H groups in total. The molecule has 8 heteroatoms. The summed E-state index contributed by atoms with van der Waals surface area (Å²) in [6, 6.07) is 10.1. The van der Waals surface area contributed by atoms with Crippen molar-refractivity contribution in [2.75, 3.05) is 11.9 Å². The van der Waals surface area contributed by atoms with Crippen LogP contribution in [0.2, 0.25) is 10.0 Å². The largest absolute Gasteiger partial charge is 0.455 e. The van der Waals surface area contributed by atoms with Gasteiger partial charge in [0, 0.05) is 26.2 Å². The number of benzene rings is 2. The van der Waals surface area contributed by atoms with Crippen LogP contribution in [0.15, 0.2) is 41.3 Å². The molecule has 0 aliphatic carbocycles. The number of nitriles is 1. The first-order chi connectivity index (χ1) is 12.4. The number of halogens is 2. The Hall–Kier alpha value is -2.20. The molecule has 0 aliphatic heterocycles. The van der Waals surface area contributed by atoms with Crippen LogP contribution in [-0.4, -0.2) is 18.5 Å². The lowest BCUT2D eigenvalue weighted by Crippen LogP contribution is -2.22. The molecule has 0 aromatic heterocycles. The van der Waals surface area contributed by atoms with Gasteiger partial charge < -0.3 is 10.1 Å². The van der Waals surface area contributed by atoms with Crippen LogP contribution in [0.3, 0.4) is 0 Å². The van der Waals surface area contributed by atoms with Crippen molar-refractivity contribution in [1.82, 2.24) is 0 Å². The molecule has 0 radical (unpaired) electrons. The molecule has 2 aromatic carbocycles. The van der Waals surface area contributed by atoms with Gasteiger partial charge in [-0.1, -0.05) is 29.3 Å². The number of nitrogens with zero attached hydrogens (tertiary/aromatic N) is 1. The van der Waals surface area contributed by atoms with Crippen LogP contribution in [-0.2, 0) is 20.7 Å². The molecule has 0 heterocycles. The third-order valence-corrected chi connectivity index (χ3v) is 4.67. The number of thioether (sulfide) groups is 1. The van der Waals surface area contributed by atoms with E-state index in [2.05, 4.69) is 5.32 Å². The summed E-state index contributed by atoms with van der Waals surface area (Å²) in [4.78, 5) is 24.7. The van der Waals surface area contributed by atoms with E-state index in [4.69, 9.17) is 33.2 Å². The van der Waals surface area contributed by atoms with E-state index in [9.17, 15) is 9.59 Å². The second kappa shape index (κ2) is 9.48. The summed E-state index contributed by atoms with van der Waals surface area (Å²) >= 11 is 13.0. The van der Waals surface area contributed by atoms with Gasteiger partial charge >= 0.3 is 5.97 Å². The molecule has 0 bridgehead atoms. The van der Waals surface area contributed by atoms with Crippen molar-refractivity contribution in [1.29, 1.82) is 5.26 Å². The Morgan fingerprint density at radius 2 is 1.92 bits per heavy atom. The first kappa shape index (κ1) is 20.1.